The Balaban J connectivity index is 3.04. The van der Waals surface area contributed by atoms with E-state index in [0.29, 0.717) is 6.54 Å². The lowest BCUT2D eigenvalue weighted by atomic mass is 10.1. The summed E-state index contributed by atoms with van der Waals surface area (Å²) in [5.74, 6) is -1.34. The predicted molar refractivity (Wildman–Crippen MR) is 74.8 cm³/mol. The molecule has 0 saturated heterocycles. The Kier molecular flexibility index (Phi) is 5.63. The summed E-state index contributed by atoms with van der Waals surface area (Å²) in [6.07, 6.45) is 0. The average molecular weight is 304 g/mol. The van der Waals surface area contributed by atoms with Crippen LogP contribution in [0.5, 0.6) is 0 Å². The smallest absolute Gasteiger partial charge is 0.323 e. The molecule has 0 aliphatic rings. The molecule has 0 unspecified atom stereocenters. The number of rotatable bonds is 5. The molecule has 104 valence electrons. The highest BCUT2D eigenvalue weighted by Crippen LogP contribution is 2.26. The third kappa shape index (κ3) is 4.40. The van der Waals surface area contributed by atoms with Gasteiger partial charge < -0.3 is 10.0 Å². The zero-order valence-electron chi connectivity index (χ0n) is 10.7. The highest BCUT2D eigenvalue weighted by molar-refractivity contribution is 6.43. The minimum absolute atomic E-state index is 0.147. The van der Waals surface area contributed by atoms with E-state index in [1.165, 1.54) is 11.0 Å². The second-order valence-electron chi connectivity index (χ2n) is 4.57. The van der Waals surface area contributed by atoms with Gasteiger partial charge in [-0.25, -0.2) is 0 Å². The van der Waals surface area contributed by atoms with Crippen molar-refractivity contribution in [3.8, 4) is 0 Å². The molecule has 4 nitrogen and oxygen atoms in total. The molecule has 1 amide bonds. The monoisotopic (exact) mass is 303 g/mol. The summed E-state index contributed by atoms with van der Waals surface area (Å²) >= 11 is 11.8. The van der Waals surface area contributed by atoms with Crippen LogP contribution in [0.2, 0.25) is 10.0 Å². The van der Waals surface area contributed by atoms with Crippen LogP contribution in [0.1, 0.15) is 24.2 Å². The van der Waals surface area contributed by atoms with Crippen LogP contribution in [-0.4, -0.2) is 35.0 Å². The van der Waals surface area contributed by atoms with Crippen LogP contribution < -0.4 is 0 Å². The van der Waals surface area contributed by atoms with Gasteiger partial charge in [0.05, 0.1) is 15.6 Å². The van der Waals surface area contributed by atoms with Crippen LogP contribution in [0.25, 0.3) is 0 Å². The molecule has 6 heteroatoms. The van der Waals surface area contributed by atoms with Crippen molar-refractivity contribution in [3.63, 3.8) is 0 Å². The van der Waals surface area contributed by atoms with Crippen molar-refractivity contribution in [1.82, 2.24) is 4.90 Å². The quantitative estimate of drug-likeness (QED) is 0.909. The van der Waals surface area contributed by atoms with Crippen LogP contribution in [0.3, 0.4) is 0 Å². The van der Waals surface area contributed by atoms with E-state index in [4.69, 9.17) is 28.3 Å². The third-order valence-electron chi connectivity index (χ3n) is 2.38. The van der Waals surface area contributed by atoms with Crippen molar-refractivity contribution in [3.05, 3.63) is 33.8 Å². The van der Waals surface area contributed by atoms with Gasteiger partial charge in [0, 0.05) is 6.54 Å². The standard InChI is InChI=1S/C13H15Cl2NO3/c1-8(2)6-16(7-11(17)18)13(19)9-4-3-5-10(14)12(9)15/h3-5,8H,6-7H2,1-2H3,(H,17,18). The minimum Gasteiger partial charge on any atom is -0.480 e. The number of carboxylic acid groups (broad SMARTS) is 1. The third-order valence-corrected chi connectivity index (χ3v) is 3.20. The molecule has 0 aliphatic heterocycles. The maximum Gasteiger partial charge on any atom is 0.323 e. The fraction of sp³-hybridized carbons (Fsp3) is 0.385. The molecule has 1 aromatic carbocycles. The first-order chi connectivity index (χ1) is 8.82. The first-order valence-corrected chi connectivity index (χ1v) is 6.53. The zero-order chi connectivity index (χ0) is 14.6. The first kappa shape index (κ1) is 15.8. The Labute approximate surface area is 121 Å². The first-order valence-electron chi connectivity index (χ1n) is 5.78. The summed E-state index contributed by atoms with van der Waals surface area (Å²) in [5.41, 5.74) is 0.219. The van der Waals surface area contributed by atoms with Crippen molar-refractivity contribution in [2.75, 3.05) is 13.1 Å². The van der Waals surface area contributed by atoms with Crippen molar-refractivity contribution >= 4 is 35.1 Å². The number of halogens is 2. The van der Waals surface area contributed by atoms with E-state index in [-0.39, 0.29) is 28.1 Å². The number of aliphatic carboxylic acids is 1. The molecule has 0 radical (unpaired) electrons. The molecule has 0 aromatic heterocycles. The highest BCUT2D eigenvalue weighted by Gasteiger charge is 2.22. The van der Waals surface area contributed by atoms with Crippen molar-refractivity contribution in [2.24, 2.45) is 5.92 Å². The Morgan fingerprint density at radius 2 is 1.95 bits per heavy atom. The molecule has 19 heavy (non-hydrogen) atoms. The molecule has 1 rings (SSSR count). The van der Waals surface area contributed by atoms with Gasteiger partial charge in [0.25, 0.3) is 5.91 Å². The lowest BCUT2D eigenvalue weighted by molar-refractivity contribution is -0.137. The number of carbonyl (C=O) groups excluding carboxylic acids is 1. The summed E-state index contributed by atoms with van der Waals surface area (Å²) in [5, 5.41) is 9.28. The largest absolute Gasteiger partial charge is 0.480 e. The SMILES string of the molecule is CC(C)CN(CC(=O)O)C(=O)c1cccc(Cl)c1Cl. The van der Waals surface area contributed by atoms with Gasteiger partial charge in [-0.2, -0.15) is 0 Å². The number of hydrogen-bond acceptors (Lipinski definition) is 2. The van der Waals surface area contributed by atoms with Crippen molar-refractivity contribution < 1.29 is 14.7 Å². The summed E-state index contributed by atoms with van der Waals surface area (Å²) in [6, 6.07) is 4.71. The molecule has 0 spiro atoms. The fourth-order valence-electron chi connectivity index (χ4n) is 1.66. The Morgan fingerprint density at radius 3 is 2.47 bits per heavy atom. The fourth-order valence-corrected chi connectivity index (χ4v) is 2.04. The maximum atomic E-state index is 12.3. The van der Waals surface area contributed by atoms with E-state index >= 15 is 0 Å². The molecular weight excluding hydrogens is 289 g/mol. The maximum absolute atomic E-state index is 12.3. The van der Waals surface area contributed by atoms with E-state index in [9.17, 15) is 9.59 Å². The number of amides is 1. The van der Waals surface area contributed by atoms with E-state index in [2.05, 4.69) is 0 Å². The van der Waals surface area contributed by atoms with Crippen molar-refractivity contribution in [2.45, 2.75) is 13.8 Å². The molecule has 1 aromatic rings. The van der Waals surface area contributed by atoms with Gasteiger partial charge in [0.2, 0.25) is 0 Å². The Hall–Kier alpha value is -1.26. The van der Waals surface area contributed by atoms with Crippen LogP contribution in [-0.2, 0) is 4.79 Å². The number of nitrogens with zero attached hydrogens (tertiary/aromatic N) is 1. The van der Waals surface area contributed by atoms with Crippen LogP contribution in [0.15, 0.2) is 18.2 Å². The molecule has 1 N–H and O–H groups in total. The summed E-state index contributed by atoms with van der Waals surface area (Å²) in [6.45, 7) is 3.79. The summed E-state index contributed by atoms with van der Waals surface area (Å²) < 4.78 is 0. The second kappa shape index (κ2) is 6.78. The van der Waals surface area contributed by atoms with Crippen LogP contribution in [0.4, 0.5) is 0 Å². The number of benzene rings is 1. The average Bonchev–Trinajstić information content (AvgIpc) is 2.30. The normalized spacial score (nSPS) is 10.6. The highest BCUT2D eigenvalue weighted by atomic mass is 35.5. The molecule has 0 heterocycles. The topological polar surface area (TPSA) is 57.6 Å². The van der Waals surface area contributed by atoms with Gasteiger partial charge in [0.15, 0.2) is 0 Å². The molecule has 0 bridgehead atoms. The van der Waals surface area contributed by atoms with Gasteiger partial charge in [-0.05, 0) is 18.1 Å². The number of carboxylic acids is 1. The Morgan fingerprint density at radius 1 is 1.32 bits per heavy atom. The second-order valence-corrected chi connectivity index (χ2v) is 5.36. The van der Waals surface area contributed by atoms with Gasteiger partial charge in [-0.1, -0.05) is 43.1 Å². The molecule has 0 atom stereocenters. The van der Waals surface area contributed by atoms with Gasteiger partial charge in [-0.15, -0.1) is 0 Å². The minimum atomic E-state index is -1.06. The Bertz CT molecular complexity index is 489. The predicted octanol–water partition coefficient (Wildman–Crippen LogP) is 3.18. The molecule has 0 aliphatic carbocycles. The van der Waals surface area contributed by atoms with Gasteiger partial charge in [0.1, 0.15) is 6.54 Å². The van der Waals surface area contributed by atoms with E-state index in [1.54, 1.807) is 12.1 Å². The lowest BCUT2D eigenvalue weighted by Crippen LogP contribution is -2.38. The van der Waals surface area contributed by atoms with Gasteiger partial charge in [-0.3, -0.25) is 9.59 Å². The molecule has 0 fully saturated rings. The lowest BCUT2D eigenvalue weighted by Gasteiger charge is -2.23. The molecular formula is C13H15Cl2NO3. The van der Waals surface area contributed by atoms with Crippen LogP contribution in [0, 0.1) is 5.92 Å². The summed E-state index contributed by atoms with van der Waals surface area (Å²) in [7, 11) is 0. The number of carbonyl (C=O) groups is 2. The van der Waals surface area contributed by atoms with Gasteiger partial charge >= 0.3 is 5.97 Å². The summed E-state index contributed by atoms with van der Waals surface area (Å²) in [4.78, 5) is 24.4. The zero-order valence-corrected chi connectivity index (χ0v) is 12.2. The van der Waals surface area contributed by atoms with Crippen LogP contribution >= 0.6 is 23.2 Å². The van der Waals surface area contributed by atoms with E-state index in [0.717, 1.165) is 0 Å². The van der Waals surface area contributed by atoms with E-state index < -0.39 is 11.9 Å². The van der Waals surface area contributed by atoms with E-state index in [1.807, 2.05) is 13.8 Å². The molecule has 0 saturated carbocycles. The number of hydrogen-bond donors (Lipinski definition) is 1. The van der Waals surface area contributed by atoms with Crippen molar-refractivity contribution in [1.29, 1.82) is 0 Å².